The molecule has 0 amide bonds. The van der Waals surface area contributed by atoms with Crippen LogP contribution in [0.2, 0.25) is 0 Å². The van der Waals surface area contributed by atoms with Crippen LogP contribution in [0.15, 0.2) is 49.1 Å². The fourth-order valence-corrected chi connectivity index (χ4v) is 4.39. The van der Waals surface area contributed by atoms with Crippen molar-refractivity contribution in [3.05, 3.63) is 71.4 Å². The third-order valence-electron chi connectivity index (χ3n) is 6.12. The molecule has 0 fully saturated rings. The molecule has 1 aromatic carbocycles. The Hall–Kier alpha value is -3.28. The molecule has 1 aliphatic carbocycles. The third-order valence-corrected chi connectivity index (χ3v) is 6.12. The van der Waals surface area contributed by atoms with Crippen molar-refractivity contribution in [2.45, 2.75) is 52.0 Å². The van der Waals surface area contributed by atoms with Gasteiger partial charge in [0.05, 0.1) is 17.7 Å². The van der Waals surface area contributed by atoms with Gasteiger partial charge in [-0.2, -0.15) is 0 Å². The lowest BCUT2D eigenvalue weighted by molar-refractivity contribution is 0.555. The van der Waals surface area contributed by atoms with Crippen LogP contribution in [0.5, 0.6) is 0 Å². The largest absolute Gasteiger partial charge is 0.336 e. The highest BCUT2D eigenvalue weighted by molar-refractivity contribution is 5.67. The van der Waals surface area contributed by atoms with Crippen LogP contribution in [0.25, 0.3) is 22.6 Å². The number of hydrogen-bond donors (Lipinski definition) is 1. The standard InChI is InChI=1S/C24H26N6/c1-15(2)17-6-7-21-18(10-17)4-5-20(21)12-30-13-23(26-14-30)22-11-19(8-9-25-22)24-16(3)27-29-28-24/h6-11,13-15,20H,4-5,12H2,1-3H3,(H,27,28,29)/t20-/m0/s1. The van der Waals surface area contributed by atoms with Crippen LogP contribution in [0, 0.1) is 6.92 Å². The zero-order valence-electron chi connectivity index (χ0n) is 17.6. The van der Waals surface area contributed by atoms with Crippen molar-refractivity contribution in [2.24, 2.45) is 0 Å². The highest BCUT2D eigenvalue weighted by Gasteiger charge is 2.23. The molecule has 1 N–H and O–H groups in total. The molecular formula is C24H26N6. The molecule has 152 valence electrons. The molecule has 3 heterocycles. The van der Waals surface area contributed by atoms with Gasteiger partial charge in [-0.05, 0) is 54.5 Å². The van der Waals surface area contributed by atoms with E-state index in [-0.39, 0.29) is 0 Å². The van der Waals surface area contributed by atoms with E-state index < -0.39 is 0 Å². The van der Waals surface area contributed by atoms with Gasteiger partial charge in [-0.1, -0.05) is 37.3 Å². The minimum absolute atomic E-state index is 0.542. The highest BCUT2D eigenvalue weighted by Crippen LogP contribution is 2.36. The van der Waals surface area contributed by atoms with Crippen LogP contribution >= 0.6 is 0 Å². The molecule has 0 saturated carbocycles. The molecule has 30 heavy (non-hydrogen) atoms. The maximum atomic E-state index is 4.62. The second-order valence-corrected chi connectivity index (χ2v) is 8.52. The van der Waals surface area contributed by atoms with Crippen LogP contribution in [0.1, 0.15) is 54.5 Å². The Labute approximate surface area is 176 Å². The van der Waals surface area contributed by atoms with Gasteiger partial charge in [0.15, 0.2) is 0 Å². The normalized spacial score (nSPS) is 15.7. The summed E-state index contributed by atoms with van der Waals surface area (Å²) in [4.78, 5) is 9.15. The molecule has 4 aromatic rings. The number of aromatic amines is 1. The minimum atomic E-state index is 0.542. The molecule has 5 rings (SSSR count). The number of benzene rings is 1. The molecule has 1 atom stereocenters. The van der Waals surface area contributed by atoms with Crippen molar-refractivity contribution in [1.82, 2.24) is 29.9 Å². The Bertz CT molecular complexity index is 1190. The smallest absolute Gasteiger partial charge is 0.115 e. The Morgan fingerprint density at radius 1 is 1.13 bits per heavy atom. The quantitative estimate of drug-likeness (QED) is 0.519. The van der Waals surface area contributed by atoms with E-state index in [1.165, 1.54) is 29.5 Å². The van der Waals surface area contributed by atoms with E-state index in [4.69, 9.17) is 0 Å². The van der Waals surface area contributed by atoms with E-state index in [0.717, 1.165) is 34.9 Å². The van der Waals surface area contributed by atoms with E-state index in [1.807, 2.05) is 25.4 Å². The first-order valence-corrected chi connectivity index (χ1v) is 10.6. The van der Waals surface area contributed by atoms with Crippen molar-refractivity contribution in [2.75, 3.05) is 0 Å². The van der Waals surface area contributed by atoms with E-state index >= 15 is 0 Å². The lowest BCUT2D eigenvalue weighted by atomic mass is 9.96. The molecule has 1 aliphatic rings. The number of pyridine rings is 1. The van der Waals surface area contributed by atoms with E-state index in [0.29, 0.717) is 11.8 Å². The molecule has 0 saturated heterocycles. The van der Waals surface area contributed by atoms with E-state index in [2.05, 4.69) is 68.2 Å². The van der Waals surface area contributed by atoms with Gasteiger partial charge in [0.25, 0.3) is 0 Å². The number of imidazole rings is 1. The number of rotatable bonds is 5. The van der Waals surface area contributed by atoms with Crippen molar-refractivity contribution in [1.29, 1.82) is 0 Å². The molecule has 0 spiro atoms. The molecular weight excluding hydrogens is 372 g/mol. The summed E-state index contributed by atoms with van der Waals surface area (Å²) in [5.41, 5.74) is 8.97. The summed E-state index contributed by atoms with van der Waals surface area (Å²) in [5.74, 6) is 1.12. The number of aromatic nitrogens is 6. The lowest BCUT2D eigenvalue weighted by Crippen LogP contribution is -2.05. The predicted octanol–water partition coefficient (Wildman–Crippen LogP) is 4.89. The number of aryl methyl sites for hydroxylation is 2. The van der Waals surface area contributed by atoms with Crippen molar-refractivity contribution in [3.63, 3.8) is 0 Å². The maximum absolute atomic E-state index is 4.62. The maximum Gasteiger partial charge on any atom is 0.115 e. The zero-order valence-corrected chi connectivity index (χ0v) is 17.6. The van der Waals surface area contributed by atoms with E-state index in [1.54, 1.807) is 6.20 Å². The van der Waals surface area contributed by atoms with Gasteiger partial charge in [-0.15, -0.1) is 5.10 Å². The van der Waals surface area contributed by atoms with Crippen molar-refractivity contribution < 1.29 is 0 Å². The molecule has 3 aromatic heterocycles. The van der Waals surface area contributed by atoms with Crippen LogP contribution in [0.3, 0.4) is 0 Å². The second kappa shape index (κ2) is 7.52. The summed E-state index contributed by atoms with van der Waals surface area (Å²) < 4.78 is 2.20. The molecule has 6 nitrogen and oxygen atoms in total. The summed E-state index contributed by atoms with van der Waals surface area (Å²) in [6.45, 7) is 7.43. The van der Waals surface area contributed by atoms with Crippen LogP contribution in [-0.2, 0) is 13.0 Å². The lowest BCUT2D eigenvalue weighted by Gasteiger charge is -2.14. The Balaban J connectivity index is 1.36. The average molecular weight is 399 g/mol. The second-order valence-electron chi connectivity index (χ2n) is 8.52. The van der Waals surface area contributed by atoms with Crippen molar-refractivity contribution >= 4 is 0 Å². The topological polar surface area (TPSA) is 72.3 Å². The first kappa shape index (κ1) is 18.7. The number of hydrogen-bond acceptors (Lipinski definition) is 4. The van der Waals surface area contributed by atoms with Gasteiger partial charge in [0.2, 0.25) is 0 Å². The first-order chi connectivity index (χ1) is 14.6. The number of nitrogens with one attached hydrogen (secondary N) is 1. The number of H-pyrrole nitrogens is 1. The Morgan fingerprint density at radius 2 is 2.03 bits per heavy atom. The minimum Gasteiger partial charge on any atom is -0.336 e. The van der Waals surface area contributed by atoms with Crippen molar-refractivity contribution in [3.8, 4) is 22.6 Å². The summed E-state index contributed by atoms with van der Waals surface area (Å²) in [7, 11) is 0. The summed E-state index contributed by atoms with van der Waals surface area (Å²) in [6, 6.07) is 11.0. The van der Waals surface area contributed by atoms with Gasteiger partial charge in [-0.25, -0.2) is 4.98 Å². The fraction of sp³-hybridized carbons (Fsp3) is 0.333. The molecule has 6 heteroatoms. The first-order valence-electron chi connectivity index (χ1n) is 10.6. The van der Waals surface area contributed by atoms with Gasteiger partial charge < -0.3 is 4.57 Å². The SMILES string of the molecule is Cc1[nH]nnc1-c1ccnc(-c2cn(C[C@@H]3CCc4cc(C(C)C)ccc43)cn2)c1. The monoisotopic (exact) mass is 398 g/mol. The average Bonchev–Trinajstić information content (AvgIpc) is 3.48. The van der Waals surface area contributed by atoms with Crippen LogP contribution in [-0.4, -0.2) is 29.9 Å². The molecule has 0 aliphatic heterocycles. The van der Waals surface area contributed by atoms with E-state index in [9.17, 15) is 0 Å². The summed E-state index contributed by atoms with van der Waals surface area (Å²) in [6.07, 6.45) is 8.19. The zero-order chi connectivity index (χ0) is 20.7. The fourth-order valence-electron chi connectivity index (χ4n) is 4.39. The number of nitrogens with zero attached hydrogens (tertiary/aromatic N) is 5. The highest BCUT2D eigenvalue weighted by atomic mass is 15.3. The predicted molar refractivity (Wildman–Crippen MR) is 117 cm³/mol. The van der Waals surface area contributed by atoms with Gasteiger partial charge >= 0.3 is 0 Å². The number of fused-ring (bicyclic) bond motifs is 1. The molecule has 0 radical (unpaired) electrons. The Kier molecular flexibility index (Phi) is 4.69. The molecule has 0 unspecified atom stereocenters. The van der Waals surface area contributed by atoms with Gasteiger partial charge in [0.1, 0.15) is 11.4 Å². The third kappa shape index (κ3) is 3.43. The Morgan fingerprint density at radius 3 is 2.83 bits per heavy atom. The summed E-state index contributed by atoms with van der Waals surface area (Å²) in [5, 5.41) is 10.9. The molecule has 0 bridgehead atoms. The van der Waals surface area contributed by atoms with Gasteiger partial charge in [-0.3, -0.25) is 10.1 Å². The van der Waals surface area contributed by atoms with Gasteiger partial charge in [0, 0.05) is 30.4 Å². The summed E-state index contributed by atoms with van der Waals surface area (Å²) >= 11 is 0. The van der Waals surface area contributed by atoms with Crippen LogP contribution < -0.4 is 0 Å². The van der Waals surface area contributed by atoms with Crippen LogP contribution in [0.4, 0.5) is 0 Å².